The first kappa shape index (κ1) is 15.3. The van der Waals surface area contributed by atoms with Crippen molar-refractivity contribution in [1.82, 2.24) is 10.2 Å². The summed E-state index contributed by atoms with van der Waals surface area (Å²) in [5, 5.41) is 12.5. The number of carbonyl (C=O) groups excluding carboxylic acids is 1. The highest BCUT2D eigenvalue weighted by atomic mass is 32.2. The average molecular weight is 269 g/mol. The molecule has 1 N–H and O–H groups in total. The standard InChI is InChI=1S/C13H23N3OS/c1-15-13(10-14)7-4-5-11(13)6-8-18-9-12(17)16(2)3/h11,15H,4-9H2,1-3H3. The second-order valence-corrected chi connectivity index (χ2v) is 6.16. The van der Waals surface area contributed by atoms with Crippen LogP contribution in [0.1, 0.15) is 25.7 Å². The van der Waals surface area contributed by atoms with Crippen molar-refractivity contribution in [2.45, 2.75) is 31.2 Å². The van der Waals surface area contributed by atoms with Gasteiger partial charge < -0.3 is 10.2 Å². The van der Waals surface area contributed by atoms with Crippen LogP contribution in [0.4, 0.5) is 0 Å². The normalized spacial score (nSPS) is 26.9. The van der Waals surface area contributed by atoms with Crippen LogP contribution in [0.2, 0.25) is 0 Å². The van der Waals surface area contributed by atoms with Gasteiger partial charge in [0.2, 0.25) is 5.91 Å². The van der Waals surface area contributed by atoms with Gasteiger partial charge in [0.1, 0.15) is 5.54 Å². The maximum atomic E-state index is 11.4. The number of nitriles is 1. The van der Waals surface area contributed by atoms with Gasteiger partial charge in [0, 0.05) is 14.1 Å². The van der Waals surface area contributed by atoms with Gasteiger partial charge in [-0.3, -0.25) is 4.79 Å². The van der Waals surface area contributed by atoms with Crippen molar-refractivity contribution in [1.29, 1.82) is 5.26 Å². The van der Waals surface area contributed by atoms with E-state index >= 15 is 0 Å². The molecule has 1 aliphatic carbocycles. The third-order valence-corrected chi connectivity index (χ3v) is 4.78. The number of nitrogens with zero attached hydrogens (tertiary/aromatic N) is 2. The van der Waals surface area contributed by atoms with E-state index in [0.717, 1.165) is 31.4 Å². The lowest BCUT2D eigenvalue weighted by Crippen LogP contribution is -2.45. The molecule has 102 valence electrons. The maximum Gasteiger partial charge on any atom is 0.232 e. The van der Waals surface area contributed by atoms with Gasteiger partial charge in [-0.25, -0.2) is 0 Å². The summed E-state index contributed by atoms with van der Waals surface area (Å²) < 4.78 is 0. The number of rotatable bonds is 6. The van der Waals surface area contributed by atoms with Crippen molar-refractivity contribution in [3.05, 3.63) is 0 Å². The lowest BCUT2D eigenvalue weighted by atomic mass is 9.87. The Balaban J connectivity index is 2.31. The summed E-state index contributed by atoms with van der Waals surface area (Å²) in [5.74, 6) is 2.08. The molecule has 2 unspecified atom stereocenters. The van der Waals surface area contributed by atoms with E-state index in [1.54, 1.807) is 30.8 Å². The maximum absolute atomic E-state index is 11.4. The highest BCUT2D eigenvalue weighted by Gasteiger charge is 2.41. The molecule has 0 aliphatic heterocycles. The fraction of sp³-hybridized carbons (Fsp3) is 0.846. The van der Waals surface area contributed by atoms with Crippen LogP contribution < -0.4 is 5.32 Å². The highest BCUT2D eigenvalue weighted by Crippen LogP contribution is 2.37. The molecule has 1 aliphatic rings. The summed E-state index contributed by atoms with van der Waals surface area (Å²) in [6.07, 6.45) is 4.21. The van der Waals surface area contributed by atoms with E-state index in [-0.39, 0.29) is 11.4 Å². The molecule has 0 aromatic carbocycles. The van der Waals surface area contributed by atoms with Crippen LogP contribution in [0.3, 0.4) is 0 Å². The number of hydrogen-bond donors (Lipinski definition) is 1. The predicted octanol–water partition coefficient (Wildman–Crippen LogP) is 1.48. The number of nitrogens with one attached hydrogen (secondary N) is 1. The summed E-state index contributed by atoms with van der Waals surface area (Å²) in [5.41, 5.74) is -0.327. The van der Waals surface area contributed by atoms with Gasteiger partial charge >= 0.3 is 0 Å². The van der Waals surface area contributed by atoms with Gasteiger partial charge in [-0.1, -0.05) is 6.42 Å². The zero-order valence-electron chi connectivity index (χ0n) is 11.5. The van der Waals surface area contributed by atoms with Gasteiger partial charge in [-0.2, -0.15) is 17.0 Å². The van der Waals surface area contributed by atoms with Gasteiger partial charge in [-0.15, -0.1) is 0 Å². The summed E-state index contributed by atoms with van der Waals surface area (Å²) in [7, 11) is 5.44. The molecular weight excluding hydrogens is 246 g/mol. The topological polar surface area (TPSA) is 56.1 Å². The SMILES string of the molecule is CNC1(C#N)CCCC1CCSCC(=O)N(C)C. The summed E-state index contributed by atoms with van der Waals surface area (Å²) in [6, 6.07) is 2.45. The van der Waals surface area contributed by atoms with Crippen LogP contribution in [0, 0.1) is 17.2 Å². The fourth-order valence-corrected chi connectivity index (χ4v) is 3.54. The van der Waals surface area contributed by atoms with Crippen LogP contribution in [0.5, 0.6) is 0 Å². The quantitative estimate of drug-likeness (QED) is 0.742. The van der Waals surface area contributed by atoms with Crippen LogP contribution in [0.25, 0.3) is 0 Å². The van der Waals surface area contributed by atoms with E-state index in [1.165, 1.54) is 0 Å². The zero-order chi connectivity index (χ0) is 13.6. The molecular formula is C13H23N3OS. The van der Waals surface area contributed by atoms with Gasteiger partial charge in [0.25, 0.3) is 0 Å². The van der Waals surface area contributed by atoms with Gasteiger partial charge in [0.05, 0.1) is 11.8 Å². The third kappa shape index (κ3) is 3.63. The summed E-state index contributed by atoms with van der Waals surface area (Å²) in [4.78, 5) is 13.0. The van der Waals surface area contributed by atoms with E-state index in [1.807, 2.05) is 7.05 Å². The largest absolute Gasteiger partial charge is 0.348 e. The second kappa shape index (κ2) is 7.01. The highest BCUT2D eigenvalue weighted by molar-refractivity contribution is 7.99. The second-order valence-electron chi connectivity index (χ2n) is 5.05. The van der Waals surface area contributed by atoms with E-state index in [4.69, 9.17) is 0 Å². The monoisotopic (exact) mass is 269 g/mol. The minimum absolute atomic E-state index is 0.159. The molecule has 0 aromatic heterocycles. The van der Waals surface area contributed by atoms with Crippen molar-refractivity contribution in [2.24, 2.45) is 5.92 Å². The smallest absolute Gasteiger partial charge is 0.232 e. The minimum atomic E-state index is -0.327. The van der Waals surface area contributed by atoms with Crippen molar-refractivity contribution < 1.29 is 4.79 Å². The Hall–Kier alpha value is -0.730. The first-order chi connectivity index (χ1) is 8.55. The summed E-state index contributed by atoms with van der Waals surface area (Å²) in [6.45, 7) is 0. The molecule has 0 aromatic rings. The minimum Gasteiger partial charge on any atom is -0.348 e. The number of carbonyl (C=O) groups is 1. The molecule has 0 radical (unpaired) electrons. The first-order valence-corrected chi connectivity index (χ1v) is 7.59. The van der Waals surface area contributed by atoms with Crippen molar-refractivity contribution in [3.63, 3.8) is 0 Å². The Morgan fingerprint density at radius 2 is 2.33 bits per heavy atom. The van der Waals surface area contributed by atoms with Crippen LogP contribution in [-0.4, -0.2) is 49.0 Å². The van der Waals surface area contributed by atoms with E-state index in [0.29, 0.717) is 11.7 Å². The van der Waals surface area contributed by atoms with Gasteiger partial charge in [0.15, 0.2) is 0 Å². The lowest BCUT2D eigenvalue weighted by Gasteiger charge is -2.28. The van der Waals surface area contributed by atoms with Gasteiger partial charge in [-0.05, 0) is 38.0 Å². The Bertz CT molecular complexity index is 327. The van der Waals surface area contributed by atoms with E-state index in [2.05, 4.69) is 11.4 Å². The molecule has 1 amide bonds. The average Bonchev–Trinajstić information content (AvgIpc) is 2.77. The molecule has 0 bridgehead atoms. The van der Waals surface area contributed by atoms with Crippen molar-refractivity contribution in [3.8, 4) is 6.07 Å². The van der Waals surface area contributed by atoms with Crippen LogP contribution >= 0.6 is 11.8 Å². The molecule has 1 rings (SSSR count). The molecule has 18 heavy (non-hydrogen) atoms. The molecule has 0 saturated heterocycles. The fourth-order valence-electron chi connectivity index (χ4n) is 2.51. The Kier molecular flexibility index (Phi) is 5.97. The van der Waals surface area contributed by atoms with E-state index < -0.39 is 0 Å². The molecule has 0 spiro atoms. The number of hydrogen-bond acceptors (Lipinski definition) is 4. The molecule has 2 atom stereocenters. The van der Waals surface area contributed by atoms with Crippen molar-refractivity contribution >= 4 is 17.7 Å². The molecule has 4 nitrogen and oxygen atoms in total. The number of thioether (sulfide) groups is 1. The number of amides is 1. The van der Waals surface area contributed by atoms with E-state index in [9.17, 15) is 10.1 Å². The Labute approximate surface area is 114 Å². The Morgan fingerprint density at radius 1 is 1.61 bits per heavy atom. The zero-order valence-corrected chi connectivity index (χ0v) is 12.3. The van der Waals surface area contributed by atoms with Crippen molar-refractivity contribution in [2.75, 3.05) is 32.6 Å². The van der Waals surface area contributed by atoms with Crippen LogP contribution in [-0.2, 0) is 4.79 Å². The molecule has 5 heteroatoms. The lowest BCUT2D eigenvalue weighted by molar-refractivity contribution is -0.125. The Morgan fingerprint density at radius 3 is 2.89 bits per heavy atom. The summed E-state index contributed by atoms with van der Waals surface area (Å²) >= 11 is 1.67. The van der Waals surface area contributed by atoms with Crippen LogP contribution in [0.15, 0.2) is 0 Å². The third-order valence-electron chi connectivity index (χ3n) is 3.80. The molecule has 0 heterocycles. The first-order valence-electron chi connectivity index (χ1n) is 6.44. The molecule has 1 fully saturated rings. The predicted molar refractivity (Wildman–Crippen MR) is 75.4 cm³/mol. The molecule has 1 saturated carbocycles.